The average Bonchev–Trinajstić information content (AvgIpc) is 3.05. The Morgan fingerprint density at radius 1 is 1.21 bits per heavy atom. The molecule has 1 aliphatic rings. The molecule has 1 aliphatic carbocycles. The molecule has 1 aromatic heterocycles. The van der Waals surface area contributed by atoms with Gasteiger partial charge in [0.25, 0.3) is 5.89 Å². The Morgan fingerprint density at radius 3 is 2.96 bits per heavy atom. The van der Waals surface area contributed by atoms with Crippen molar-refractivity contribution in [3.05, 3.63) is 70.5 Å². The summed E-state index contributed by atoms with van der Waals surface area (Å²) < 4.78 is 5.49. The summed E-state index contributed by atoms with van der Waals surface area (Å²) in [6.45, 7) is 2.10. The van der Waals surface area contributed by atoms with Gasteiger partial charge in [-0.3, -0.25) is 0 Å². The first-order valence-corrected chi connectivity index (χ1v) is 8.46. The van der Waals surface area contributed by atoms with Crippen molar-refractivity contribution in [1.82, 2.24) is 10.1 Å². The van der Waals surface area contributed by atoms with Crippen LogP contribution in [0.15, 0.2) is 47.0 Å². The molecule has 24 heavy (non-hydrogen) atoms. The second kappa shape index (κ2) is 6.21. The summed E-state index contributed by atoms with van der Waals surface area (Å²) in [5.74, 6) is 1.30. The zero-order chi connectivity index (χ0) is 16.5. The van der Waals surface area contributed by atoms with Gasteiger partial charge in [-0.15, -0.1) is 0 Å². The van der Waals surface area contributed by atoms with Crippen molar-refractivity contribution < 1.29 is 4.52 Å². The summed E-state index contributed by atoms with van der Waals surface area (Å²) in [7, 11) is 0. The summed E-state index contributed by atoms with van der Waals surface area (Å²) in [5.41, 5.74) is 12.2. The van der Waals surface area contributed by atoms with Crippen LogP contribution < -0.4 is 5.73 Å². The molecule has 122 valence electrons. The third kappa shape index (κ3) is 2.85. The molecule has 0 aliphatic heterocycles. The van der Waals surface area contributed by atoms with Crippen LogP contribution in [0.25, 0.3) is 11.5 Å². The molecule has 0 saturated carbocycles. The second-order valence-corrected chi connectivity index (χ2v) is 6.53. The molecule has 0 radical (unpaired) electrons. The van der Waals surface area contributed by atoms with Gasteiger partial charge in [-0.25, -0.2) is 0 Å². The van der Waals surface area contributed by atoms with Crippen molar-refractivity contribution in [2.45, 2.75) is 38.6 Å². The summed E-state index contributed by atoms with van der Waals surface area (Å²) in [6.07, 6.45) is 3.96. The van der Waals surface area contributed by atoms with E-state index >= 15 is 0 Å². The standard InChI is InChI=1S/C20H21N3O/c1-13-5-2-3-6-14(13)12-19-22-20(24-23-19)16-9-10-17-15(11-16)7-4-8-18(17)21/h2-3,5-6,9-11,18H,4,7-8,12,21H2,1H3. The Morgan fingerprint density at radius 2 is 2.08 bits per heavy atom. The third-order valence-electron chi connectivity index (χ3n) is 4.83. The molecule has 0 spiro atoms. The van der Waals surface area contributed by atoms with Gasteiger partial charge in [0.15, 0.2) is 5.82 Å². The van der Waals surface area contributed by atoms with Crippen LogP contribution in [-0.2, 0) is 12.8 Å². The van der Waals surface area contributed by atoms with Crippen molar-refractivity contribution in [1.29, 1.82) is 0 Å². The molecule has 4 rings (SSSR count). The van der Waals surface area contributed by atoms with Gasteiger partial charge in [-0.05, 0) is 60.6 Å². The largest absolute Gasteiger partial charge is 0.334 e. The predicted molar refractivity (Wildman–Crippen MR) is 93.6 cm³/mol. The molecule has 4 nitrogen and oxygen atoms in total. The highest BCUT2D eigenvalue weighted by Gasteiger charge is 2.18. The smallest absolute Gasteiger partial charge is 0.257 e. The highest BCUT2D eigenvalue weighted by atomic mass is 16.5. The summed E-state index contributed by atoms with van der Waals surface area (Å²) in [5, 5.41) is 4.15. The number of nitrogens with two attached hydrogens (primary N) is 1. The first-order valence-electron chi connectivity index (χ1n) is 8.46. The Labute approximate surface area is 141 Å². The van der Waals surface area contributed by atoms with Crippen LogP contribution in [0.5, 0.6) is 0 Å². The Hall–Kier alpha value is -2.46. The number of fused-ring (bicyclic) bond motifs is 1. The number of aromatic nitrogens is 2. The van der Waals surface area contributed by atoms with E-state index in [9.17, 15) is 0 Å². The number of nitrogens with zero attached hydrogens (tertiary/aromatic N) is 2. The van der Waals surface area contributed by atoms with E-state index in [4.69, 9.17) is 10.3 Å². The fourth-order valence-electron chi connectivity index (χ4n) is 3.41. The third-order valence-corrected chi connectivity index (χ3v) is 4.83. The first-order chi connectivity index (χ1) is 11.7. The lowest BCUT2D eigenvalue weighted by atomic mass is 9.87. The molecular weight excluding hydrogens is 298 g/mol. The van der Waals surface area contributed by atoms with E-state index in [1.54, 1.807) is 0 Å². The van der Waals surface area contributed by atoms with E-state index in [-0.39, 0.29) is 6.04 Å². The molecule has 0 saturated heterocycles. The van der Waals surface area contributed by atoms with Gasteiger partial charge in [0, 0.05) is 18.0 Å². The molecular formula is C20H21N3O. The van der Waals surface area contributed by atoms with Gasteiger partial charge in [-0.2, -0.15) is 4.98 Å². The van der Waals surface area contributed by atoms with Crippen LogP contribution in [0.4, 0.5) is 0 Å². The summed E-state index contributed by atoms with van der Waals surface area (Å²) in [6, 6.07) is 14.7. The minimum absolute atomic E-state index is 0.155. The molecule has 2 N–H and O–H groups in total. The summed E-state index contributed by atoms with van der Waals surface area (Å²) in [4.78, 5) is 4.58. The monoisotopic (exact) mass is 319 g/mol. The minimum Gasteiger partial charge on any atom is -0.334 e. The molecule has 1 atom stereocenters. The van der Waals surface area contributed by atoms with Crippen LogP contribution in [0.2, 0.25) is 0 Å². The van der Waals surface area contributed by atoms with Crippen LogP contribution in [0.3, 0.4) is 0 Å². The van der Waals surface area contributed by atoms with Crippen molar-refractivity contribution in [2.24, 2.45) is 5.73 Å². The SMILES string of the molecule is Cc1ccccc1Cc1noc(-c2ccc3c(c2)CCCC3N)n1. The van der Waals surface area contributed by atoms with E-state index in [2.05, 4.69) is 41.3 Å². The molecule has 0 fully saturated rings. The minimum atomic E-state index is 0.155. The number of benzene rings is 2. The average molecular weight is 319 g/mol. The van der Waals surface area contributed by atoms with Crippen molar-refractivity contribution >= 4 is 0 Å². The van der Waals surface area contributed by atoms with Gasteiger partial charge < -0.3 is 10.3 Å². The topological polar surface area (TPSA) is 64.9 Å². The number of aryl methyl sites for hydroxylation is 2. The van der Waals surface area contributed by atoms with Crippen LogP contribution in [-0.4, -0.2) is 10.1 Å². The molecule has 3 aromatic rings. The van der Waals surface area contributed by atoms with Gasteiger partial charge in [0.2, 0.25) is 0 Å². The van der Waals surface area contributed by atoms with E-state index < -0.39 is 0 Å². The lowest BCUT2D eigenvalue weighted by Gasteiger charge is -2.22. The number of rotatable bonds is 3. The first kappa shape index (κ1) is 15.1. The zero-order valence-electron chi connectivity index (χ0n) is 13.8. The molecule has 1 heterocycles. The normalized spacial score (nSPS) is 16.8. The predicted octanol–water partition coefficient (Wildman–Crippen LogP) is 3.97. The summed E-state index contributed by atoms with van der Waals surface area (Å²) >= 11 is 0. The Kier molecular flexibility index (Phi) is 3.90. The Balaban J connectivity index is 1.60. The van der Waals surface area contributed by atoms with E-state index in [0.29, 0.717) is 18.1 Å². The zero-order valence-corrected chi connectivity index (χ0v) is 13.8. The number of hydrogen-bond acceptors (Lipinski definition) is 4. The van der Waals surface area contributed by atoms with Crippen LogP contribution in [0, 0.1) is 6.92 Å². The quantitative estimate of drug-likeness (QED) is 0.793. The molecule has 4 heteroatoms. The van der Waals surface area contributed by atoms with Gasteiger partial charge in [0.1, 0.15) is 0 Å². The van der Waals surface area contributed by atoms with Gasteiger partial charge in [-0.1, -0.05) is 35.5 Å². The van der Waals surface area contributed by atoms with E-state index in [0.717, 1.165) is 24.8 Å². The molecule has 2 aromatic carbocycles. The molecule has 0 bridgehead atoms. The molecule has 0 amide bonds. The maximum absolute atomic E-state index is 6.19. The van der Waals surface area contributed by atoms with Gasteiger partial charge >= 0.3 is 0 Å². The lowest BCUT2D eigenvalue weighted by Crippen LogP contribution is -2.17. The maximum Gasteiger partial charge on any atom is 0.257 e. The Bertz CT molecular complexity index is 869. The lowest BCUT2D eigenvalue weighted by molar-refractivity contribution is 0.423. The second-order valence-electron chi connectivity index (χ2n) is 6.53. The fourth-order valence-corrected chi connectivity index (χ4v) is 3.41. The van der Waals surface area contributed by atoms with Crippen molar-refractivity contribution in [2.75, 3.05) is 0 Å². The highest BCUT2D eigenvalue weighted by Crippen LogP contribution is 2.31. The van der Waals surface area contributed by atoms with Crippen LogP contribution in [0.1, 0.15) is 47.0 Å². The fraction of sp³-hybridized carbons (Fsp3) is 0.300. The van der Waals surface area contributed by atoms with Crippen LogP contribution >= 0.6 is 0 Å². The van der Waals surface area contributed by atoms with Crippen molar-refractivity contribution in [3.8, 4) is 11.5 Å². The van der Waals surface area contributed by atoms with E-state index in [1.165, 1.54) is 22.3 Å². The highest BCUT2D eigenvalue weighted by molar-refractivity contribution is 5.56. The van der Waals surface area contributed by atoms with E-state index in [1.807, 2.05) is 18.2 Å². The number of hydrogen-bond donors (Lipinski definition) is 1. The molecule has 1 unspecified atom stereocenters. The van der Waals surface area contributed by atoms with Gasteiger partial charge in [0.05, 0.1) is 0 Å². The van der Waals surface area contributed by atoms with Crippen molar-refractivity contribution in [3.63, 3.8) is 0 Å². The maximum atomic E-state index is 6.19.